The van der Waals surface area contributed by atoms with Crippen LogP contribution in [0.25, 0.3) is 0 Å². The van der Waals surface area contributed by atoms with E-state index in [4.69, 9.17) is 4.74 Å². The van der Waals surface area contributed by atoms with Crippen LogP contribution in [-0.2, 0) is 4.79 Å². The molecule has 1 saturated carbocycles. The molecule has 0 radical (unpaired) electrons. The Bertz CT molecular complexity index is 363. The Kier molecular flexibility index (Phi) is 5.75. The Labute approximate surface area is 106 Å². The van der Waals surface area contributed by atoms with Crippen LogP contribution in [0.1, 0.15) is 31.7 Å². The van der Waals surface area contributed by atoms with Gasteiger partial charge in [0.1, 0.15) is 18.6 Å². The van der Waals surface area contributed by atoms with Gasteiger partial charge in [-0.25, -0.2) is 8.78 Å². The summed E-state index contributed by atoms with van der Waals surface area (Å²) in [5.41, 5.74) is 1.07. The summed E-state index contributed by atoms with van der Waals surface area (Å²) in [6.45, 7) is 3.42. The Hall–Kier alpha value is -1.45. The number of ether oxygens (including phenoxy) is 1. The predicted octanol–water partition coefficient (Wildman–Crippen LogP) is 3.66. The van der Waals surface area contributed by atoms with Gasteiger partial charge in [-0.2, -0.15) is 0 Å². The van der Waals surface area contributed by atoms with Gasteiger partial charge in [0, 0.05) is 5.92 Å². The summed E-state index contributed by atoms with van der Waals surface area (Å²) in [7, 11) is 0. The highest BCUT2D eigenvalue weighted by Gasteiger charge is 2.37. The fourth-order valence-corrected chi connectivity index (χ4v) is 1.72. The van der Waals surface area contributed by atoms with Crippen LogP contribution in [0.3, 0.4) is 0 Å². The van der Waals surface area contributed by atoms with E-state index in [9.17, 15) is 13.6 Å². The molecule has 4 heteroatoms. The lowest BCUT2D eigenvalue weighted by Gasteiger charge is -2.06. The number of aldehydes is 1. The molecule has 1 fully saturated rings. The molecule has 1 aliphatic carbocycles. The first-order valence-corrected chi connectivity index (χ1v) is 6.17. The normalized spacial score (nSPS) is 20.9. The number of alkyl halides is 2. The summed E-state index contributed by atoms with van der Waals surface area (Å²) in [6, 6.07) is 6.99. The molecule has 0 amide bonds. The van der Waals surface area contributed by atoms with Crippen LogP contribution in [0.2, 0.25) is 0 Å². The fraction of sp³-hybridized carbons (Fsp3) is 0.500. The highest BCUT2D eigenvalue weighted by Crippen LogP contribution is 2.46. The second-order valence-electron chi connectivity index (χ2n) is 3.91. The fourth-order valence-electron chi connectivity index (χ4n) is 1.72. The molecule has 0 N–H and O–H groups in total. The van der Waals surface area contributed by atoms with E-state index in [-0.39, 0.29) is 5.92 Å². The number of halogens is 2. The molecule has 1 aliphatic rings. The quantitative estimate of drug-likeness (QED) is 0.751. The van der Waals surface area contributed by atoms with Crippen molar-refractivity contribution in [3.05, 3.63) is 29.8 Å². The van der Waals surface area contributed by atoms with Crippen LogP contribution in [0, 0.1) is 5.92 Å². The average Bonchev–Trinajstić information content (AvgIpc) is 3.19. The van der Waals surface area contributed by atoms with Gasteiger partial charge in [0.25, 0.3) is 6.43 Å². The number of carbonyl (C=O) groups is 1. The molecule has 1 aromatic rings. The minimum Gasteiger partial charge on any atom is -0.488 e. The maximum absolute atomic E-state index is 11.9. The smallest absolute Gasteiger partial charge is 0.272 e. The topological polar surface area (TPSA) is 26.3 Å². The van der Waals surface area contributed by atoms with Gasteiger partial charge in [0.05, 0.1) is 0 Å². The Balaban J connectivity index is 0.000000771. The zero-order chi connectivity index (χ0) is 13.5. The minimum atomic E-state index is -2.46. The average molecular weight is 256 g/mol. The van der Waals surface area contributed by atoms with Crippen molar-refractivity contribution in [1.29, 1.82) is 0 Å². The Morgan fingerprint density at radius 2 is 1.94 bits per heavy atom. The minimum absolute atomic E-state index is 0.132. The molecule has 2 atom stereocenters. The molecule has 2 rings (SSSR count). The molecular weight excluding hydrogens is 238 g/mol. The third kappa shape index (κ3) is 4.09. The number of benzene rings is 1. The number of hydrogen-bond acceptors (Lipinski definition) is 2. The zero-order valence-electron chi connectivity index (χ0n) is 10.6. The lowest BCUT2D eigenvalue weighted by molar-refractivity contribution is -0.108. The lowest BCUT2D eigenvalue weighted by Crippen LogP contribution is -2.06. The van der Waals surface area contributed by atoms with E-state index < -0.39 is 13.0 Å². The van der Waals surface area contributed by atoms with Gasteiger partial charge in [-0.05, 0) is 30.0 Å². The van der Waals surface area contributed by atoms with Crippen molar-refractivity contribution in [3.63, 3.8) is 0 Å². The van der Waals surface area contributed by atoms with Crippen molar-refractivity contribution in [2.24, 2.45) is 5.92 Å². The largest absolute Gasteiger partial charge is 0.488 e. The van der Waals surface area contributed by atoms with Gasteiger partial charge in [-0.1, -0.05) is 26.0 Å². The molecule has 18 heavy (non-hydrogen) atoms. The molecule has 2 nitrogen and oxygen atoms in total. The molecule has 0 aliphatic heterocycles. The second kappa shape index (κ2) is 7.09. The summed E-state index contributed by atoms with van der Waals surface area (Å²) in [6.07, 6.45) is -0.602. The van der Waals surface area contributed by atoms with Crippen molar-refractivity contribution in [1.82, 2.24) is 0 Å². The van der Waals surface area contributed by atoms with Gasteiger partial charge < -0.3 is 9.53 Å². The molecule has 0 spiro atoms. The summed E-state index contributed by atoms with van der Waals surface area (Å²) >= 11 is 0. The predicted molar refractivity (Wildman–Crippen MR) is 66.2 cm³/mol. The van der Waals surface area contributed by atoms with Crippen molar-refractivity contribution in [2.45, 2.75) is 32.6 Å². The molecule has 0 aromatic heterocycles. The maximum atomic E-state index is 11.9. The van der Waals surface area contributed by atoms with E-state index >= 15 is 0 Å². The van der Waals surface area contributed by atoms with Crippen LogP contribution in [0.15, 0.2) is 24.3 Å². The van der Waals surface area contributed by atoms with Gasteiger partial charge in [-0.3, -0.25) is 0 Å². The Morgan fingerprint density at radius 1 is 1.33 bits per heavy atom. The van der Waals surface area contributed by atoms with Crippen molar-refractivity contribution >= 4 is 6.29 Å². The summed E-state index contributed by atoms with van der Waals surface area (Å²) in [4.78, 5) is 10.5. The molecule has 2 unspecified atom stereocenters. The van der Waals surface area contributed by atoms with Gasteiger partial charge in [0.15, 0.2) is 0 Å². The van der Waals surface area contributed by atoms with E-state index in [0.29, 0.717) is 11.7 Å². The number of hydrogen-bond donors (Lipinski definition) is 0. The van der Waals surface area contributed by atoms with E-state index in [1.807, 2.05) is 26.0 Å². The van der Waals surface area contributed by atoms with Crippen molar-refractivity contribution < 1.29 is 18.3 Å². The van der Waals surface area contributed by atoms with Crippen LogP contribution >= 0.6 is 0 Å². The monoisotopic (exact) mass is 256 g/mol. The summed E-state index contributed by atoms with van der Waals surface area (Å²) < 4.78 is 28.6. The van der Waals surface area contributed by atoms with Crippen LogP contribution in [-0.4, -0.2) is 19.3 Å². The lowest BCUT2D eigenvalue weighted by atomic mass is 10.1. The van der Waals surface area contributed by atoms with Gasteiger partial charge in [0.2, 0.25) is 0 Å². The molecule has 100 valence electrons. The molecule has 0 heterocycles. The summed E-state index contributed by atoms with van der Waals surface area (Å²) in [5.74, 6) is 0.877. The van der Waals surface area contributed by atoms with Crippen LogP contribution in [0.5, 0.6) is 5.75 Å². The molecule has 0 saturated heterocycles. The molecule has 1 aromatic carbocycles. The van der Waals surface area contributed by atoms with E-state index in [0.717, 1.165) is 18.3 Å². The first-order chi connectivity index (χ1) is 8.70. The third-order valence-electron chi connectivity index (χ3n) is 2.70. The molecular formula is C14H18F2O2. The van der Waals surface area contributed by atoms with E-state index in [1.165, 1.54) is 0 Å². The molecule has 0 bridgehead atoms. The third-order valence-corrected chi connectivity index (χ3v) is 2.70. The Morgan fingerprint density at radius 3 is 2.39 bits per heavy atom. The van der Waals surface area contributed by atoms with Crippen LogP contribution in [0.4, 0.5) is 8.78 Å². The highest BCUT2D eigenvalue weighted by atomic mass is 19.3. The van der Waals surface area contributed by atoms with Crippen LogP contribution < -0.4 is 4.74 Å². The second-order valence-corrected chi connectivity index (χ2v) is 3.91. The van der Waals surface area contributed by atoms with Crippen molar-refractivity contribution in [3.8, 4) is 5.75 Å². The first kappa shape index (κ1) is 14.6. The maximum Gasteiger partial charge on any atom is 0.272 e. The zero-order valence-corrected chi connectivity index (χ0v) is 10.6. The number of carbonyl (C=O) groups excluding carboxylic acids is 1. The van der Waals surface area contributed by atoms with E-state index in [2.05, 4.69) is 0 Å². The van der Waals surface area contributed by atoms with E-state index in [1.54, 1.807) is 12.1 Å². The highest BCUT2D eigenvalue weighted by molar-refractivity contribution is 5.61. The first-order valence-electron chi connectivity index (χ1n) is 6.17. The standard InChI is InChI=1S/C12H12F2O2.C2H6/c13-12(14)7-16-10-3-1-8(2-4-10)11-5-9(11)6-15;1-2/h1-4,6,9,11-12H,5,7H2;1-2H3. The summed E-state index contributed by atoms with van der Waals surface area (Å²) in [5, 5.41) is 0. The van der Waals surface area contributed by atoms with Gasteiger partial charge in [-0.15, -0.1) is 0 Å². The van der Waals surface area contributed by atoms with Gasteiger partial charge >= 0.3 is 0 Å². The number of rotatable bonds is 5. The SMILES string of the molecule is CC.O=CC1CC1c1ccc(OCC(F)F)cc1. The van der Waals surface area contributed by atoms with Crippen molar-refractivity contribution in [2.75, 3.05) is 6.61 Å².